The normalized spacial score (nSPS) is 23.5. The summed E-state index contributed by atoms with van der Waals surface area (Å²) in [5, 5.41) is 4.05. The summed E-state index contributed by atoms with van der Waals surface area (Å²) in [5.74, 6) is -0.401. The molecule has 0 aromatic heterocycles. The van der Waals surface area contributed by atoms with E-state index in [2.05, 4.69) is 5.16 Å². The number of esters is 1. The van der Waals surface area contributed by atoms with Gasteiger partial charge in [-0.15, -0.1) is 0 Å². The third-order valence-electron chi connectivity index (χ3n) is 2.84. The fourth-order valence-electron chi connectivity index (χ4n) is 1.65. The lowest BCUT2D eigenvalue weighted by molar-refractivity contribution is -0.176. The van der Waals surface area contributed by atoms with Gasteiger partial charge in [-0.25, -0.2) is 4.79 Å². The average Bonchev–Trinajstić information content (AvgIpc) is 2.72. The number of ether oxygens (including phenoxy) is 2. The van der Waals surface area contributed by atoms with Crippen LogP contribution in [0.5, 0.6) is 0 Å². The topological polar surface area (TPSA) is 57.1 Å². The molecule has 0 radical (unpaired) electrons. The molecule has 0 aromatic rings. The van der Waals surface area contributed by atoms with Crippen LogP contribution >= 0.6 is 0 Å². The molecule has 0 amide bonds. The molecule has 1 rings (SSSR count). The zero-order valence-corrected chi connectivity index (χ0v) is 11.9. The van der Waals surface area contributed by atoms with Crippen molar-refractivity contribution in [2.75, 3.05) is 19.8 Å². The molecule has 0 fully saturated rings. The molecule has 0 aromatic carbocycles. The van der Waals surface area contributed by atoms with Crippen LogP contribution < -0.4 is 0 Å². The number of hydrogen-bond donors (Lipinski definition) is 0. The van der Waals surface area contributed by atoms with E-state index in [4.69, 9.17) is 14.3 Å². The van der Waals surface area contributed by atoms with Crippen molar-refractivity contribution in [2.45, 2.75) is 46.6 Å². The summed E-state index contributed by atoms with van der Waals surface area (Å²) in [6.45, 7) is 10.8. The first kappa shape index (κ1) is 15.0. The van der Waals surface area contributed by atoms with Gasteiger partial charge in [-0.05, 0) is 13.8 Å². The fourth-order valence-corrected chi connectivity index (χ4v) is 1.65. The van der Waals surface area contributed by atoms with E-state index in [1.807, 2.05) is 27.7 Å². The van der Waals surface area contributed by atoms with E-state index in [1.54, 1.807) is 6.92 Å². The average molecular weight is 257 g/mol. The lowest BCUT2D eigenvalue weighted by Crippen LogP contribution is -2.45. The van der Waals surface area contributed by atoms with Crippen molar-refractivity contribution in [1.82, 2.24) is 0 Å². The van der Waals surface area contributed by atoms with Crippen LogP contribution in [-0.2, 0) is 19.1 Å². The predicted octanol–water partition coefficient (Wildman–Crippen LogP) is 2.15. The summed E-state index contributed by atoms with van der Waals surface area (Å²) >= 11 is 0. The van der Waals surface area contributed by atoms with Gasteiger partial charge in [0.1, 0.15) is 6.61 Å². The zero-order valence-electron chi connectivity index (χ0n) is 11.9. The molecule has 0 bridgehead atoms. The number of nitrogens with zero attached hydrogens (tertiary/aromatic N) is 1. The van der Waals surface area contributed by atoms with Gasteiger partial charge in [0.15, 0.2) is 0 Å². The number of oxime groups is 1. The Morgan fingerprint density at radius 1 is 1.39 bits per heavy atom. The lowest BCUT2D eigenvalue weighted by Gasteiger charge is -2.25. The van der Waals surface area contributed by atoms with Crippen LogP contribution in [0.4, 0.5) is 0 Å². The van der Waals surface area contributed by atoms with Crippen LogP contribution in [0.1, 0.15) is 41.0 Å². The van der Waals surface area contributed by atoms with Gasteiger partial charge in [-0.3, -0.25) is 0 Å². The number of carbonyl (C=O) groups is 1. The second kappa shape index (κ2) is 5.69. The van der Waals surface area contributed by atoms with Crippen molar-refractivity contribution >= 4 is 11.7 Å². The zero-order chi connectivity index (χ0) is 13.8. The molecule has 104 valence electrons. The van der Waals surface area contributed by atoms with Crippen molar-refractivity contribution in [3.63, 3.8) is 0 Å². The van der Waals surface area contributed by atoms with Crippen molar-refractivity contribution in [3.8, 4) is 0 Å². The third-order valence-corrected chi connectivity index (χ3v) is 2.84. The molecular weight excluding hydrogens is 234 g/mol. The lowest BCUT2D eigenvalue weighted by atomic mass is 9.83. The molecule has 0 saturated carbocycles. The maximum absolute atomic E-state index is 12.0. The van der Waals surface area contributed by atoms with Crippen LogP contribution in [0, 0.1) is 5.41 Å². The molecule has 18 heavy (non-hydrogen) atoms. The van der Waals surface area contributed by atoms with E-state index in [0.29, 0.717) is 19.6 Å². The Morgan fingerprint density at radius 2 is 2.06 bits per heavy atom. The molecule has 1 aliphatic rings. The Hall–Kier alpha value is -1.10. The van der Waals surface area contributed by atoms with Gasteiger partial charge < -0.3 is 14.3 Å². The van der Waals surface area contributed by atoms with Crippen LogP contribution in [0.25, 0.3) is 0 Å². The molecule has 5 heteroatoms. The third kappa shape index (κ3) is 3.22. The quantitative estimate of drug-likeness (QED) is 0.708. The SMILES string of the molecule is CCOCC1(C(=O)OCC)CC(C(C)(C)C)=NO1. The van der Waals surface area contributed by atoms with Gasteiger partial charge >= 0.3 is 5.97 Å². The van der Waals surface area contributed by atoms with Gasteiger partial charge in [-0.2, -0.15) is 0 Å². The summed E-state index contributed by atoms with van der Waals surface area (Å²) < 4.78 is 10.4. The minimum Gasteiger partial charge on any atom is -0.463 e. The highest BCUT2D eigenvalue weighted by molar-refractivity contribution is 5.96. The molecule has 1 aliphatic heterocycles. The van der Waals surface area contributed by atoms with Crippen LogP contribution in [0.3, 0.4) is 0 Å². The standard InChI is InChI=1S/C13H23NO4/c1-6-16-9-13(11(15)17-7-2)8-10(14-18-13)12(3,4)5/h6-9H2,1-5H3. The highest BCUT2D eigenvalue weighted by Crippen LogP contribution is 2.33. The highest BCUT2D eigenvalue weighted by Gasteiger charge is 2.50. The van der Waals surface area contributed by atoms with Crippen LogP contribution in [0.15, 0.2) is 5.16 Å². The molecule has 1 unspecified atom stereocenters. The van der Waals surface area contributed by atoms with Crippen LogP contribution in [0.2, 0.25) is 0 Å². The first-order valence-electron chi connectivity index (χ1n) is 6.36. The number of hydrogen-bond acceptors (Lipinski definition) is 5. The molecule has 0 aliphatic carbocycles. The van der Waals surface area contributed by atoms with E-state index in [0.717, 1.165) is 5.71 Å². The van der Waals surface area contributed by atoms with E-state index in [1.165, 1.54) is 0 Å². The van der Waals surface area contributed by atoms with Crippen molar-refractivity contribution in [2.24, 2.45) is 10.6 Å². The predicted molar refractivity (Wildman–Crippen MR) is 68.4 cm³/mol. The summed E-state index contributed by atoms with van der Waals surface area (Å²) in [6.07, 6.45) is 0.426. The fraction of sp³-hybridized carbons (Fsp3) is 0.846. The van der Waals surface area contributed by atoms with Gasteiger partial charge in [-0.1, -0.05) is 25.9 Å². The minimum absolute atomic E-state index is 0.125. The Kier molecular flexibility index (Phi) is 4.73. The molecule has 1 atom stereocenters. The Bertz CT molecular complexity index is 332. The summed E-state index contributed by atoms with van der Waals surface area (Å²) in [6, 6.07) is 0. The summed E-state index contributed by atoms with van der Waals surface area (Å²) in [4.78, 5) is 17.4. The monoisotopic (exact) mass is 257 g/mol. The largest absolute Gasteiger partial charge is 0.463 e. The van der Waals surface area contributed by atoms with E-state index in [-0.39, 0.29) is 12.0 Å². The van der Waals surface area contributed by atoms with Gasteiger partial charge in [0.05, 0.1) is 12.3 Å². The molecule has 0 spiro atoms. The van der Waals surface area contributed by atoms with E-state index >= 15 is 0 Å². The summed E-state index contributed by atoms with van der Waals surface area (Å²) in [5.41, 5.74) is -0.370. The van der Waals surface area contributed by atoms with Crippen molar-refractivity contribution in [1.29, 1.82) is 0 Å². The maximum Gasteiger partial charge on any atom is 0.356 e. The van der Waals surface area contributed by atoms with Crippen molar-refractivity contribution in [3.05, 3.63) is 0 Å². The number of carbonyl (C=O) groups excluding carboxylic acids is 1. The smallest absolute Gasteiger partial charge is 0.356 e. The second-order valence-corrected chi connectivity index (χ2v) is 5.41. The summed E-state index contributed by atoms with van der Waals surface area (Å²) in [7, 11) is 0. The van der Waals surface area contributed by atoms with Gasteiger partial charge in [0.25, 0.3) is 5.60 Å². The minimum atomic E-state index is -1.10. The maximum atomic E-state index is 12.0. The number of rotatable bonds is 5. The van der Waals surface area contributed by atoms with Gasteiger partial charge in [0.2, 0.25) is 0 Å². The van der Waals surface area contributed by atoms with Crippen LogP contribution in [-0.4, -0.2) is 37.1 Å². The molecule has 0 saturated heterocycles. The Labute approximate surface area is 108 Å². The second-order valence-electron chi connectivity index (χ2n) is 5.41. The molecule has 5 nitrogen and oxygen atoms in total. The van der Waals surface area contributed by atoms with E-state index in [9.17, 15) is 4.79 Å². The highest BCUT2D eigenvalue weighted by atomic mass is 16.7. The Balaban J connectivity index is 2.81. The molecule has 0 N–H and O–H groups in total. The molecular formula is C13H23NO4. The first-order valence-corrected chi connectivity index (χ1v) is 6.36. The Morgan fingerprint density at radius 3 is 2.50 bits per heavy atom. The van der Waals surface area contributed by atoms with Gasteiger partial charge in [0, 0.05) is 18.4 Å². The molecule has 1 heterocycles. The first-order chi connectivity index (χ1) is 8.35. The van der Waals surface area contributed by atoms with E-state index < -0.39 is 11.6 Å². The van der Waals surface area contributed by atoms with Crippen molar-refractivity contribution < 1.29 is 19.1 Å².